The number of piperidine rings is 1. The molecule has 4 rings (SSSR count). The van der Waals surface area contributed by atoms with Crippen molar-refractivity contribution in [3.05, 3.63) is 48.3 Å². The third-order valence-corrected chi connectivity index (χ3v) is 6.49. The Kier molecular flexibility index (Phi) is 6.69. The predicted octanol–water partition coefficient (Wildman–Crippen LogP) is 3.68. The van der Waals surface area contributed by atoms with Crippen LogP contribution in [0.4, 0.5) is 0 Å². The molecule has 1 N–H and O–H groups in total. The van der Waals surface area contributed by atoms with Gasteiger partial charge in [0.15, 0.2) is 0 Å². The van der Waals surface area contributed by atoms with E-state index in [0.29, 0.717) is 12.6 Å². The van der Waals surface area contributed by atoms with Crippen LogP contribution in [0.5, 0.6) is 0 Å². The normalized spacial score (nSPS) is 18.4. The summed E-state index contributed by atoms with van der Waals surface area (Å²) >= 11 is 1.73. The number of hydrogen-bond donors (Lipinski definition) is 1. The Hall–Kier alpha value is -2.09. The van der Waals surface area contributed by atoms with Gasteiger partial charge in [-0.1, -0.05) is 18.2 Å². The van der Waals surface area contributed by atoms with E-state index in [-0.39, 0.29) is 5.97 Å². The van der Waals surface area contributed by atoms with Crippen LogP contribution in [0.25, 0.3) is 11.1 Å². The van der Waals surface area contributed by atoms with Crippen molar-refractivity contribution in [2.24, 2.45) is 0 Å². The van der Waals surface area contributed by atoms with Crippen molar-refractivity contribution in [3.63, 3.8) is 0 Å². The number of carbonyl (C=O) groups excluding carboxylic acids is 1. The molecule has 0 radical (unpaired) electrons. The molecule has 0 saturated carbocycles. The van der Waals surface area contributed by atoms with Gasteiger partial charge in [0.05, 0.1) is 18.8 Å². The molecule has 1 aromatic carbocycles. The molecule has 0 bridgehead atoms. The van der Waals surface area contributed by atoms with Crippen molar-refractivity contribution in [2.75, 3.05) is 32.8 Å². The predicted molar refractivity (Wildman–Crippen MR) is 116 cm³/mol. The molecule has 1 saturated heterocycles. The van der Waals surface area contributed by atoms with Crippen LogP contribution in [0, 0.1) is 0 Å². The van der Waals surface area contributed by atoms with Crippen molar-refractivity contribution in [1.29, 1.82) is 0 Å². The number of ether oxygens (including phenoxy) is 1. The van der Waals surface area contributed by atoms with E-state index in [1.807, 2.05) is 19.2 Å². The molecule has 29 heavy (non-hydrogen) atoms. The first-order valence-corrected chi connectivity index (χ1v) is 11.1. The molecule has 2 aliphatic heterocycles. The maximum absolute atomic E-state index is 11.8. The fourth-order valence-electron chi connectivity index (χ4n) is 3.76. The average molecular weight is 413 g/mol. The molecule has 0 aliphatic carbocycles. The van der Waals surface area contributed by atoms with Crippen molar-refractivity contribution >= 4 is 17.9 Å². The number of esters is 1. The maximum Gasteiger partial charge on any atom is 0.333 e. The second-order valence-corrected chi connectivity index (χ2v) is 8.56. The topological polar surface area (TPSA) is 59.4 Å². The lowest BCUT2D eigenvalue weighted by Crippen LogP contribution is -2.29. The molecule has 3 heterocycles. The van der Waals surface area contributed by atoms with Gasteiger partial charge >= 0.3 is 5.97 Å². The van der Waals surface area contributed by atoms with Gasteiger partial charge in [0.1, 0.15) is 0 Å². The second kappa shape index (κ2) is 9.61. The van der Waals surface area contributed by atoms with Crippen LogP contribution in [0.15, 0.2) is 53.2 Å². The molecule has 6 nitrogen and oxygen atoms in total. The van der Waals surface area contributed by atoms with Crippen LogP contribution in [0.3, 0.4) is 0 Å². The van der Waals surface area contributed by atoms with Gasteiger partial charge in [0.2, 0.25) is 0 Å². The van der Waals surface area contributed by atoms with E-state index in [2.05, 4.69) is 49.9 Å². The van der Waals surface area contributed by atoms with Gasteiger partial charge in [0, 0.05) is 35.3 Å². The molecule has 2 aromatic rings. The van der Waals surface area contributed by atoms with E-state index in [1.165, 1.54) is 16.0 Å². The minimum Gasteiger partial charge on any atom is -0.463 e. The summed E-state index contributed by atoms with van der Waals surface area (Å²) in [5.41, 5.74) is 3.16. The Bertz CT molecular complexity index is 856. The van der Waals surface area contributed by atoms with Crippen molar-refractivity contribution in [1.82, 2.24) is 19.4 Å². The van der Waals surface area contributed by atoms with E-state index < -0.39 is 0 Å². The molecule has 0 atom stereocenters. The van der Waals surface area contributed by atoms with Crippen molar-refractivity contribution in [2.45, 2.75) is 37.1 Å². The van der Waals surface area contributed by atoms with Gasteiger partial charge in [-0.15, -0.1) is 0 Å². The standard InChI is InChI=1S/C22H28N4O2S/c1-2-28-22(27)18-9-13-25(14-10-18)29-21-5-3-17(4-6-21)19-15-24-26(16-19)20-7-11-23-12-8-20/h3-6,9,15-16,20,23H,2,7-8,10-14H2,1H3. The Morgan fingerprint density at radius 2 is 2.03 bits per heavy atom. The number of carbonyl (C=O) groups is 1. The number of nitrogens with zero attached hydrogens (tertiary/aromatic N) is 3. The van der Waals surface area contributed by atoms with Gasteiger partial charge in [-0.25, -0.2) is 9.10 Å². The molecule has 0 spiro atoms. The van der Waals surface area contributed by atoms with Gasteiger partial charge in [-0.05, 0) is 68.9 Å². The van der Waals surface area contributed by atoms with Crippen LogP contribution in [0.1, 0.15) is 32.2 Å². The highest BCUT2D eigenvalue weighted by Gasteiger charge is 2.19. The maximum atomic E-state index is 11.8. The zero-order chi connectivity index (χ0) is 20.1. The monoisotopic (exact) mass is 412 g/mol. The average Bonchev–Trinajstić information content (AvgIpc) is 3.26. The molecular weight excluding hydrogens is 384 g/mol. The largest absolute Gasteiger partial charge is 0.463 e. The summed E-state index contributed by atoms with van der Waals surface area (Å²) in [6, 6.07) is 9.15. The van der Waals surface area contributed by atoms with E-state index in [9.17, 15) is 4.79 Å². The third-order valence-electron chi connectivity index (χ3n) is 5.42. The Morgan fingerprint density at radius 3 is 2.72 bits per heavy atom. The van der Waals surface area contributed by atoms with Gasteiger partial charge < -0.3 is 10.1 Å². The summed E-state index contributed by atoms with van der Waals surface area (Å²) in [6.45, 7) is 6.00. The fourth-order valence-corrected chi connectivity index (χ4v) is 4.65. The Labute approximate surface area is 176 Å². The summed E-state index contributed by atoms with van der Waals surface area (Å²) < 4.78 is 9.48. The second-order valence-electron chi connectivity index (χ2n) is 7.39. The van der Waals surface area contributed by atoms with Crippen LogP contribution in [-0.2, 0) is 9.53 Å². The molecular formula is C22H28N4O2S. The van der Waals surface area contributed by atoms with Crippen LogP contribution in [0.2, 0.25) is 0 Å². The first-order valence-electron chi connectivity index (χ1n) is 10.4. The fraction of sp³-hybridized carbons (Fsp3) is 0.455. The minimum absolute atomic E-state index is 0.175. The lowest BCUT2D eigenvalue weighted by molar-refractivity contribution is -0.138. The van der Waals surface area contributed by atoms with Crippen molar-refractivity contribution < 1.29 is 9.53 Å². The third kappa shape index (κ3) is 5.10. The van der Waals surface area contributed by atoms with E-state index in [4.69, 9.17) is 4.74 Å². The highest BCUT2D eigenvalue weighted by Crippen LogP contribution is 2.29. The summed E-state index contributed by atoms with van der Waals surface area (Å²) in [7, 11) is 0. The highest BCUT2D eigenvalue weighted by atomic mass is 32.2. The molecule has 0 unspecified atom stereocenters. The molecule has 1 fully saturated rings. The molecule has 0 amide bonds. The molecule has 7 heteroatoms. The van der Waals surface area contributed by atoms with E-state index >= 15 is 0 Å². The quantitative estimate of drug-likeness (QED) is 0.577. The zero-order valence-electron chi connectivity index (χ0n) is 16.8. The SMILES string of the molecule is CCOC(=O)C1=CCN(Sc2ccc(-c3cnn(C4CCNCC4)c3)cc2)CC1. The summed E-state index contributed by atoms with van der Waals surface area (Å²) in [6.07, 6.45) is 9.14. The number of benzene rings is 1. The van der Waals surface area contributed by atoms with E-state index in [0.717, 1.165) is 51.0 Å². The number of aromatic nitrogens is 2. The Balaban J connectivity index is 1.34. The minimum atomic E-state index is -0.175. The summed E-state index contributed by atoms with van der Waals surface area (Å²) in [5, 5.41) is 8.00. The first-order chi connectivity index (χ1) is 14.2. The van der Waals surface area contributed by atoms with Gasteiger partial charge in [-0.3, -0.25) is 4.68 Å². The number of rotatable bonds is 6. The lowest BCUT2D eigenvalue weighted by atomic mass is 10.1. The highest BCUT2D eigenvalue weighted by molar-refractivity contribution is 7.97. The van der Waals surface area contributed by atoms with E-state index in [1.54, 1.807) is 11.9 Å². The summed E-state index contributed by atoms with van der Waals surface area (Å²) in [5.74, 6) is -0.175. The lowest BCUT2D eigenvalue weighted by Gasteiger charge is -2.24. The number of nitrogens with one attached hydrogen (secondary N) is 1. The van der Waals surface area contributed by atoms with Crippen LogP contribution in [-0.4, -0.2) is 52.8 Å². The number of hydrogen-bond acceptors (Lipinski definition) is 6. The smallest absolute Gasteiger partial charge is 0.333 e. The van der Waals surface area contributed by atoms with Crippen LogP contribution < -0.4 is 5.32 Å². The molecule has 1 aromatic heterocycles. The molecule has 2 aliphatic rings. The van der Waals surface area contributed by atoms with Gasteiger partial charge in [-0.2, -0.15) is 5.10 Å². The molecule has 154 valence electrons. The first kappa shape index (κ1) is 20.2. The van der Waals surface area contributed by atoms with Crippen molar-refractivity contribution in [3.8, 4) is 11.1 Å². The van der Waals surface area contributed by atoms with Gasteiger partial charge in [0.25, 0.3) is 0 Å². The van der Waals surface area contributed by atoms with Crippen LogP contribution >= 0.6 is 11.9 Å². The zero-order valence-corrected chi connectivity index (χ0v) is 17.7. The summed E-state index contributed by atoms with van der Waals surface area (Å²) in [4.78, 5) is 13.0. The Morgan fingerprint density at radius 1 is 1.24 bits per heavy atom.